The second kappa shape index (κ2) is 4.79. The Morgan fingerprint density at radius 1 is 1.64 bits per heavy atom. The highest BCUT2D eigenvalue weighted by atomic mass is 16.4. The summed E-state index contributed by atoms with van der Waals surface area (Å²) in [6, 6.07) is 0. The van der Waals surface area contributed by atoms with Crippen molar-refractivity contribution in [3.05, 3.63) is 18.2 Å². The molecule has 0 aliphatic carbocycles. The molecule has 0 radical (unpaired) electrons. The van der Waals surface area contributed by atoms with E-state index in [0.717, 1.165) is 18.9 Å². The van der Waals surface area contributed by atoms with E-state index >= 15 is 0 Å². The number of aliphatic carboxylic acids is 1. The number of rotatable bonds is 5. The number of carbonyl (C=O) groups excluding carboxylic acids is 1. The van der Waals surface area contributed by atoms with E-state index in [1.165, 1.54) is 0 Å². The molecule has 1 heterocycles. The van der Waals surface area contributed by atoms with Gasteiger partial charge in [0.15, 0.2) is 0 Å². The molecular weight excluding hydrogens is 180 g/mol. The second-order valence-corrected chi connectivity index (χ2v) is 3.30. The van der Waals surface area contributed by atoms with Crippen LogP contribution in [0, 0.1) is 6.92 Å². The Morgan fingerprint density at radius 3 is 2.86 bits per heavy atom. The Kier molecular flexibility index (Phi) is 3.68. The highest BCUT2D eigenvalue weighted by molar-refractivity contribution is 5.63. The van der Waals surface area contributed by atoms with Gasteiger partial charge in [0.05, 0.1) is 13.1 Å². The molecule has 0 atom stereocenters. The molecule has 0 amide bonds. The summed E-state index contributed by atoms with van der Waals surface area (Å²) in [7, 11) is 0. The van der Waals surface area contributed by atoms with Gasteiger partial charge in [-0.05, 0) is 19.8 Å². The van der Waals surface area contributed by atoms with Crippen LogP contribution in [0.15, 0.2) is 12.4 Å². The number of nitrogens with zero attached hydrogens (tertiary/aromatic N) is 2. The van der Waals surface area contributed by atoms with E-state index in [1.807, 2.05) is 19.3 Å². The Hall–Kier alpha value is -1.32. The molecule has 14 heavy (non-hydrogen) atoms. The van der Waals surface area contributed by atoms with E-state index in [4.69, 9.17) is 0 Å². The van der Waals surface area contributed by atoms with Gasteiger partial charge in [0, 0.05) is 12.9 Å². The number of imidazole rings is 1. The first-order chi connectivity index (χ1) is 6.65. The maximum atomic E-state index is 10.2. The van der Waals surface area contributed by atoms with Crippen LogP contribution in [-0.4, -0.2) is 10.5 Å². The van der Waals surface area contributed by atoms with Crippen LogP contribution in [0.5, 0.6) is 0 Å². The SMILES string of the molecule is CCn1cc[n+](CCCC(=O)[O-])c1C. The number of carboxylic acid groups (broad SMARTS) is 1. The molecule has 0 saturated heterocycles. The highest BCUT2D eigenvalue weighted by Crippen LogP contribution is 1.95. The molecule has 1 rings (SSSR count). The summed E-state index contributed by atoms with van der Waals surface area (Å²) >= 11 is 0. The van der Waals surface area contributed by atoms with Crippen molar-refractivity contribution in [1.82, 2.24) is 4.57 Å². The summed E-state index contributed by atoms with van der Waals surface area (Å²) in [5.41, 5.74) is 0. The molecule has 1 aromatic heterocycles. The van der Waals surface area contributed by atoms with Gasteiger partial charge in [-0.2, -0.15) is 0 Å². The van der Waals surface area contributed by atoms with E-state index in [0.29, 0.717) is 6.42 Å². The van der Waals surface area contributed by atoms with Crippen LogP contribution in [0.25, 0.3) is 0 Å². The average molecular weight is 196 g/mol. The zero-order valence-electron chi connectivity index (χ0n) is 8.69. The first kappa shape index (κ1) is 10.8. The van der Waals surface area contributed by atoms with Crippen LogP contribution in [0.4, 0.5) is 0 Å². The van der Waals surface area contributed by atoms with Crippen molar-refractivity contribution in [2.45, 2.75) is 39.8 Å². The van der Waals surface area contributed by atoms with Crippen LogP contribution in [0.3, 0.4) is 0 Å². The number of hydrogen-bond donors (Lipinski definition) is 0. The third-order valence-corrected chi connectivity index (χ3v) is 2.38. The van der Waals surface area contributed by atoms with Gasteiger partial charge < -0.3 is 9.90 Å². The van der Waals surface area contributed by atoms with E-state index < -0.39 is 5.97 Å². The van der Waals surface area contributed by atoms with Crippen LogP contribution in [0.1, 0.15) is 25.6 Å². The molecule has 78 valence electrons. The van der Waals surface area contributed by atoms with Gasteiger partial charge in [0.25, 0.3) is 5.82 Å². The molecule has 1 aromatic rings. The van der Waals surface area contributed by atoms with Gasteiger partial charge in [0.1, 0.15) is 12.4 Å². The Morgan fingerprint density at radius 2 is 2.36 bits per heavy atom. The standard InChI is InChI=1S/C10H16N2O2/c1-3-11-7-8-12(9(11)2)6-4-5-10(13)14/h7-8H,3-6H2,1-2H3. The van der Waals surface area contributed by atoms with Crippen LogP contribution in [0.2, 0.25) is 0 Å². The number of hydrogen-bond acceptors (Lipinski definition) is 2. The predicted molar refractivity (Wildman–Crippen MR) is 49.3 cm³/mol. The molecule has 0 aliphatic heterocycles. The first-order valence-corrected chi connectivity index (χ1v) is 4.90. The van der Waals surface area contributed by atoms with Crippen LogP contribution < -0.4 is 9.67 Å². The zero-order chi connectivity index (χ0) is 10.6. The van der Waals surface area contributed by atoms with Crippen molar-refractivity contribution in [3.63, 3.8) is 0 Å². The summed E-state index contributed by atoms with van der Waals surface area (Å²) in [5, 5.41) is 10.2. The van der Waals surface area contributed by atoms with E-state index in [2.05, 4.69) is 16.1 Å². The zero-order valence-corrected chi connectivity index (χ0v) is 8.69. The number of aryl methyl sites for hydroxylation is 2. The third kappa shape index (κ3) is 2.58. The fourth-order valence-corrected chi connectivity index (χ4v) is 1.51. The number of aromatic nitrogens is 2. The number of carboxylic acids is 1. The van der Waals surface area contributed by atoms with Crippen molar-refractivity contribution < 1.29 is 14.5 Å². The maximum absolute atomic E-state index is 10.2. The Bertz CT molecular complexity index is 318. The first-order valence-electron chi connectivity index (χ1n) is 4.90. The monoisotopic (exact) mass is 196 g/mol. The quantitative estimate of drug-likeness (QED) is 0.603. The average Bonchev–Trinajstić information content (AvgIpc) is 2.47. The minimum Gasteiger partial charge on any atom is -0.550 e. The fraction of sp³-hybridized carbons (Fsp3) is 0.600. The lowest BCUT2D eigenvalue weighted by Gasteiger charge is -2.01. The normalized spacial score (nSPS) is 10.4. The molecular formula is C10H16N2O2. The Labute approximate surface area is 83.8 Å². The summed E-state index contributed by atoms with van der Waals surface area (Å²) in [5.74, 6) is 0.184. The van der Waals surface area contributed by atoms with E-state index in [1.54, 1.807) is 0 Å². The topological polar surface area (TPSA) is 48.9 Å². The van der Waals surface area contributed by atoms with Crippen LogP contribution >= 0.6 is 0 Å². The third-order valence-electron chi connectivity index (χ3n) is 2.38. The van der Waals surface area contributed by atoms with E-state index in [9.17, 15) is 9.90 Å². The lowest BCUT2D eigenvalue weighted by atomic mass is 10.3. The summed E-state index contributed by atoms with van der Waals surface area (Å²) in [4.78, 5) is 10.2. The molecule has 0 saturated carbocycles. The lowest BCUT2D eigenvalue weighted by Crippen LogP contribution is -2.36. The van der Waals surface area contributed by atoms with Crippen LogP contribution in [-0.2, 0) is 17.9 Å². The van der Waals surface area contributed by atoms with Gasteiger partial charge in [-0.3, -0.25) is 0 Å². The van der Waals surface area contributed by atoms with E-state index in [-0.39, 0.29) is 6.42 Å². The van der Waals surface area contributed by atoms with Gasteiger partial charge in [-0.25, -0.2) is 9.13 Å². The smallest absolute Gasteiger partial charge is 0.253 e. The Balaban J connectivity index is 2.50. The van der Waals surface area contributed by atoms with Crippen molar-refractivity contribution in [1.29, 1.82) is 0 Å². The van der Waals surface area contributed by atoms with Gasteiger partial charge in [0.2, 0.25) is 0 Å². The number of carbonyl (C=O) groups is 1. The molecule has 0 N–H and O–H groups in total. The minimum absolute atomic E-state index is 0.129. The molecule has 0 aliphatic rings. The molecule has 0 aromatic carbocycles. The predicted octanol–water partition coefficient (Wildman–Crippen LogP) is -0.366. The summed E-state index contributed by atoms with van der Waals surface area (Å²) in [6.45, 7) is 5.80. The van der Waals surface area contributed by atoms with Crippen molar-refractivity contribution in [2.75, 3.05) is 0 Å². The highest BCUT2D eigenvalue weighted by Gasteiger charge is 2.09. The molecule has 0 unspecified atom stereocenters. The van der Waals surface area contributed by atoms with Gasteiger partial charge in [-0.1, -0.05) is 0 Å². The summed E-state index contributed by atoms with van der Waals surface area (Å²) < 4.78 is 4.19. The fourth-order valence-electron chi connectivity index (χ4n) is 1.51. The molecule has 4 heteroatoms. The van der Waals surface area contributed by atoms with Crippen molar-refractivity contribution >= 4 is 5.97 Å². The van der Waals surface area contributed by atoms with Crippen molar-refractivity contribution in [2.24, 2.45) is 0 Å². The van der Waals surface area contributed by atoms with Crippen molar-refractivity contribution in [3.8, 4) is 0 Å². The second-order valence-electron chi connectivity index (χ2n) is 3.30. The summed E-state index contributed by atoms with van der Waals surface area (Å²) in [6.07, 6.45) is 4.74. The molecule has 0 bridgehead atoms. The lowest BCUT2D eigenvalue weighted by molar-refractivity contribution is -0.702. The largest absolute Gasteiger partial charge is 0.550 e. The minimum atomic E-state index is -0.974. The molecule has 0 fully saturated rings. The molecule has 4 nitrogen and oxygen atoms in total. The molecule has 0 spiro atoms. The van der Waals surface area contributed by atoms with Gasteiger partial charge in [-0.15, -0.1) is 0 Å². The van der Waals surface area contributed by atoms with Gasteiger partial charge >= 0.3 is 0 Å². The maximum Gasteiger partial charge on any atom is 0.253 e.